The van der Waals surface area contributed by atoms with Gasteiger partial charge in [0.1, 0.15) is 6.10 Å². The minimum atomic E-state index is -1.56. The quantitative estimate of drug-likeness (QED) is 0.206. The molecule has 1 saturated carbocycles. The van der Waals surface area contributed by atoms with Crippen molar-refractivity contribution in [3.63, 3.8) is 0 Å². The summed E-state index contributed by atoms with van der Waals surface area (Å²) in [7, 11) is -1.56. The summed E-state index contributed by atoms with van der Waals surface area (Å²) in [5.74, 6) is 0.0275. The fourth-order valence-corrected chi connectivity index (χ4v) is 4.31. The van der Waals surface area contributed by atoms with E-state index in [0.717, 1.165) is 32.3 Å². The highest BCUT2D eigenvalue weighted by Crippen LogP contribution is 2.36. The van der Waals surface area contributed by atoms with Gasteiger partial charge in [-0.1, -0.05) is 59.3 Å². The highest BCUT2D eigenvalue weighted by molar-refractivity contribution is 6.74. The molecule has 3 nitrogen and oxygen atoms in total. The zero-order valence-electron chi connectivity index (χ0n) is 18.2. The van der Waals surface area contributed by atoms with Crippen LogP contribution in [0.4, 0.5) is 0 Å². The second kappa shape index (κ2) is 12.2. The average Bonchev–Trinajstić information content (AvgIpc) is 2.56. The average molecular weight is 385 g/mol. The SMILES string of the molecule is CC(C)(C)[Si](C)(C)OCCCCCCCCCC(=O)OC1CCCCC1. The van der Waals surface area contributed by atoms with Crippen LogP contribution in [0.15, 0.2) is 0 Å². The Morgan fingerprint density at radius 2 is 1.42 bits per heavy atom. The molecule has 0 aromatic rings. The van der Waals surface area contributed by atoms with E-state index < -0.39 is 8.32 Å². The van der Waals surface area contributed by atoms with Crippen molar-refractivity contribution >= 4 is 14.3 Å². The number of ether oxygens (including phenoxy) is 1. The Labute approximate surface area is 163 Å². The van der Waals surface area contributed by atoms with Gasteiger partial charge in [-0.2, -0.15) is 0 Å². The van der Waals surface area contributed by atoms with Crippen LogP contribution in [0.2, 0.25) is 18.1 Å². The largest absolute Gasteiger partial charge is 0.462 e. The van der Waals surface area contributed by atoms with Crippen LogP contribution in [0.25, 0.3) is 0 Å². The van der Waals surface area contributed by atoms with Gasteiger partial charge in [-0.3, -0.25) is 4.79 Å². The van der Waals surface area contributed by atoms with E-state index in [0.29, 0.717) is 11.5 Å². The van der Waals surface area contributed by atoms with E-state index in [1.54, 1.807) is 0 Å². The number of hydrogen-bond donors (Lipinski definition) is 0. The second-order valence-corrected chi connectivity index (χ2v) is 14.4. The molecule has 0 aromatic heterocycles. The molecule has 0 unspecified atom stereocenters. The molecule has 1 fully saturated rings. The zero-order valence-corrected chi connectivity index (χ0v) is 19.2. The molecule has 0 spiro atoms. The van der Waals surface area contributed by atoms with Gasteiger partial charge >= 0.3 is 5.97 Å². The summed E-state index contributed by atoms with van der Waals surface area (Å²) in [6, 6.07) is 0. The number of carbonyl (C=O) groups excluding carboxylic acids is 1. The summed E-state index contributed by atoms with van der Waals surface area (Å²) >= 11 is 0. The third kappa shape index (κ3) is 10.1. The first-order valence-corrected chi connectivity index (χ1v) is 14.0. The van der Waals surface area contributed by atoms with Gasteiger partial charge < -0.3 is 9.16 Å². The van der Waals surface area contributed by atoms with Gasteiger partial charge in [0.05, 0.1) is 0 Å². The Kier molecular flexibility index (Phi) is 11.1. The van der Waals surface area contributed by atoms with Gasteiger partial charge in [-0.05, 0) is 56.7 Å². The van der Waals surface area contributed by atoms with E-state index in [2.05, 4.69) is 33.9 Å². The molecule has 0 radical (unpaired) electrons. The third-order valence-corrected chi connectivity index (χ3v) is 10.7. The van der Waals surface area contributed by atoms with Crippen molar-refractivity contribution in [1.29, 1.82) is 0 Å². The van der Waals surface area contributed by atoms with Crippen LogP contribution in [-0.2, 0) is 14.0 Å². The Morgan fingerprint density at radius 3 is 2.00 bits per heavy atom. The van der Waals surface area contributed by atoms with E-state index in [9.17, 15) is 4.79 Å². The van der Waals surface area contributed by atoms with Crippen LogP contribution < -0.4 is 0 Å². The first kappa shape index (κ1) is 23.7. The molecule has 1 aliphatic carbocycles. The highest BCUT2D eigenvalue weighted by Gasteiger charge is 2.36. The van der Waals surface area contributed by atoms with Gasteiger partial charge in [0.15, 0.2) is 8.32 Å². The maximum atomic E-state index is 11.8. The van der Waals surface area contributed by atoms with E-state index >= 15 is 0 Å². The molecule has 26 heavy (non-hydrogen) atoms. The van der Waals surface area contributed by atoms with E-state index in [1.165, 1.54) is 51.4 Å². The van der Waals surface area contributed by atoms with Gasteiger partial charge in [-0.25, -0.2) is 0 Å². The first-order chi connectivity index (χ1) is 12.2. The lowest BCUT2D eigenvalue weighted by molar-refractivity contribution is -0.150. The topological polar surface area (TPSA) is 35.5 Å². The van der Waals surface area contributed by atoms with Gasteiger partial charge in [0, 0.05) is 13.0 Å². The molecule has 1 rings (SSSR count). The van der Waals surface area contributed by atoms with E-state index in [1.807, 2.05) is 0 Å². The number of unbranched alkanes of at least 4 members (excludes halogenated alkanes) is 6. The monoisotopic (exact) mass is 384 g/mol. The van der Waals surface area contributed by atoms with Crippen LogP contribution in [0.1, 0.15) is 104 Å². The Morgan fingerprint density at radius 1 is 0.885 bits per heavy atom. The number of hydrogen-bond acceptors (Lipinski definition) is 3. The minimum Gasteiger partial charge on any atom is -0.462 e. The van der Waals surface area contributed by atoms with Crippen molar-refractivity contribution in [1.82, 2.24) is 0 Å². The minimum absolute atomic E-state index is 0.0275. The maximum Gasteiger partial charge on any atom is 0.306 e. The summed E-state index contributed by atoms with van der Waals surface area (Å²) in [5.41, 5.74) is 0. The fourth-order valence-electron chi connectivity index (χ4n) is 3.23. The molecule has 0 atom stereocenters. The molecule has 4 heteroatoms. The predicted octanol–water partition coefficient (Wildman–Crippen LogP) is 7.00. The molecule has 154 valence electrons. The van der Waals surface area contributed by atoms with Gasteiger partial charge in [0.25, 0.3) is 0 Å². The normalized spacial score (nSPS) is 16.7. The summed E-state index contributed by atoms with van der Waals surface area (Å²) in [5, 5.41) is 0.311. The smallest absolute Gasteiger partial charge is 0.306 e. The number of esters is 1. The standard InChI is InChI=1S/C22H44O3Si/c1-22(2,3)26(4,5)24-19-15-10-8-6-7-9-14-18-21(23)25-20-16-12-11-13-17-20/h20H,6-19H2,1-5H3. The number of carbonyl (C=O) groups is 1. The molecule has 0 amide bonds. The molecule has 0 aliphatic heterocycles. The van der Waals surface area contributed by atoms with Crippen molar-refractivity contribution in [2.24, 2.45) is 0 Å². The summed E-state index contributed by atoms with van der Waals surface area (Å²) < 4.78 is 11.8. The van der Waals surface area contributed by atoms with Gasteiger partial charge in [-0.15, -0.1) is 0 Å². The number of rotatable bonds is 12. The maximum absolute atomic E-state index is 11.8. The predicted molar refractivity (Wildman–Crippen MR) is 113 cm³/mol. The Balaban J connectivity index is 1.89. The first-order valence-electron chi connectivity index (χ1n) is 11.1. The lowest BCUT2D eigenvalue weighted by atomic mass is 9.98. The van der Waals surface area contributed by atoms with Gasteiger partial charge in [0.2, 0.25) is 0 Å². The van der Waals surface area contributed by atoms with Crippen molar-refractivity contribution < 1.29 is 14.0 Å². The van der Waals surface area contributed by atoms with Crippen molar-refractivity contribution in [3.05, 3.63) is 0 Å². The second-order valence-electron chi connectivity index (χ2n) is 9.58. The lowest BCUT2D eigenvalue weighted by Gasteiger charge is -2.36. The summed E-state index contributed by atoms with van der Waals surface area (Å²) in [4.78, 5) is 11.8. The van der Waals surface area contributed by atoms with Crippen LogP contribution in [0.3, 0.4) is 0 Å². The van der Waals surface area contributed by atoms with Crippen molar-refractivity contribution in [3.8, 4) is 0 Å². The molecular formula is C22H44O3Si. The molecule has 0 saturated heterocycles. The Bertz CT molecular complexity index is 381. The van der Waals surface area contributed by atoms with Crippen LogP contribution in [0.5, 0.6) is 0 Å². The summed E-state index contributed by atoms with van der Waals surface area (Å²) in [6.45, 7) is 12.5. The van der Waals surface area contributed by atoms with Crippen LogP contribution in [0, 0.1) is 0 Å². The zero-order chi connectivity index (χ0) is 19.5. The molecule has 0 aromatic carbocycles. The lowest BCUT2D eigenvalue weighted by Crippen LogP contribution is -2.40. The van der Waals surface area contributed by atoms with E-state index in [-0.39, 0.29) is 12.1 Å². The molecule has 0 heterocycles. The van der Waals surface area contributed by atoms with Crippen LogP contribution in [-0.4, -0.2) is 27.0 Å². The third-order valence-electron chi connectivity index (χ3n) is 6.14. The molecular weight excluding hydrogens is 340 g/mol. The summed E-state index contributed by atoms with van der Waals surface area (Å²) in [6.07, 6.45) is 15.1. The van der Waals surface area contributed by atoms with Crippen molar-refractivity contribution in [2.75, 3.05) is 6.61 Å². The molecule has 1 aliphatic rings. The molecule has 0 bridgehead atoms. The highest BCUT2D eigenvalue weighted by atomic mass is 28.4. The fraction of sp³-hybridized carbons (Fsp3) is 0.955. The van der Waals surface area contributed by atoms with Crippen molar-refractivity contribution in [2.45, 2.75) is 128 Å². The van der Waals surface area contributed by atoms with E-state index in [4.69, 9.17) is 9.16 Å². The Hall–Kier alpha value is -0.353. The van der Waals surface area contributed by atoms with Crippen LogP contribution >= 0.6 is 0 Å². The molecule has 0 N–H and O–H groups in total.